The molecule has 0 fully saturated rings. The number of rotatable bonds is 17. The predicted octanol–water partition coefficient (Wildman–Crippen LogP) is 7.02. The van der Waals surface area contributed by atoms with Crippen molar-refractivity contribution in [1.29, 1.82) is 0 Å². The highest BCUT2D eigenvalue weighted by Gasteiger charge is 2.11. The normalized spacial score (nSPS) is 11.9. The summed E-state index contributed by atoms with van der Waals surface area (Å²) < 4.78 is 0. The number of aromatic nitrogens is 5. The zero-order valence-corrected chi connectivity index (χ0v) is 22.4. The van der Waals surface area contributed by atoms with Gasteiger partial charge in [-0.3, -0.25) is 9.59 Å². The minimum Gasteiger partial charge on any atom is -0.350 e. The van der Waals surface area contributed by atoms with Crippen LogP contribution in [0.15, 0.2) is 65.5 Å². The van der Waals surface area contributed by atoms with Gasteiger partial charge in [0.1, 0.15) is 0 Å². The summed E-state index contributed by atoms with van der Waals surface area (Å²) in [5.41, 5.74) is 1.29. The lowest BCUT2D eigenvalue weighted by atomic mass is 10.1. The number of unbranched alkanes of at least 4 members (excludes halogenated alkanes) is 9. The number of aromatic amines is 2. The van der Waals surface area contributed by atoms with Gasteiger partial charge >= 0.3 is 0 Å². The molecule has 0 bridgehead atoms. The van der Waals surface area contributed by atoms with Gasteiger partial charge in [-0.15, -0.1) is 10.2 Å². The van der Waals surface area contributed by atoms with Gasteiger partial charge in [-0.25, -0.2) is 0 Å². The maximum absolute atomic E-state index is 12.5. The Labute approximate surface area is 224 Å². The monoisotopic (exact) mass is 516 g/mol. The summed E-state index contributed by atoms with van der Waals surface area (Å²) in [6, 6.07) is 6.63. The number of tetrazole rings is 1. The second kappa shape index (κ2) is 16.8. The molecule has 8 heteroatoms. The number of para-hydroxylation sites is 1. The van der Waals surface area contributed by atoms with Gasteiger partial charge in [-0.2, -0.15) is 5.21 Å². The lowest BCUT2D eigenvalue weighted by molar-refractivity contribution is -0.111. The van der Waals surface area contributed by atoms with Crippen LogP contribution < -0.4 is 10.7 Å². The van der Waals surface area contributed by atoms with E-state index in [0.717, 1.165) is 25.7 Å². The van der Waals surface area contributed by atoms with E-state index in [9.17, 15) is 9.59 Å². The van der Waals surface area contributed by atoms with Crippen LogP contribution in [0.5, 0.6) is 0 Å². The highest BCUT2D eigenvalue weighted by molar-refractivity contribution is 6.05. The van der Waals surface area contributed by atoms with Crippen molar-refractivity contribution in [2.24, 2.45) is 0 Å². The number of benzene rings is 1. The highest BCUT2D eigenvalue weighted by atomic mass is 16.1. The SMILES string of the molecule is CCCCC/C=C\C/C=C\CCCCCCC/C=C/C(=O)Nc1cccc2c(=O)cc(-c3nn[nH]n3)[nH]c12. The fourth-order valence-electron chi connectivity index (χ4n) is 4.21. The van der Waals surface area contributed by atoms with E-state index in [0.29, 0.717) is 22.3 Å². The largest absolute Gasteiger partial charge is 0.350 e. The number of carbonyl (C=O) groups excluding carboxylic acids is 1. The standard InChI is InChI=1S/C30H40N6O2/c1-2-3-4-5-6-7-8-9-10-11-12-13-14-15-16-17-18-22-28(38)31-25-21-19-20-24-27(37)23-26(32-29(24)25)30-33-35-36-34-30/h6-7,9-10,18-23H,2-5,8,11-17H2,1H3,(H,31,38)(H,32,37)(H,33,34,35,36)/b7-6-,10-9-,22-18+. The average Bonchev–Trinajstić information content (AvgIpc) is 3.46. The molecule has 1 amide bonds. The lowest BCUT2D eigenvalue weighted by Crippen LogP contribution is -2.11. The maximum Gasteiger partial charge on any atom is 0.248 e. The molecule has 2 heterocycles. The highest BCUT2D eigenvalue weighted by Crippen LogP contribution is 2.22. The number of allylic oxidation sites excluding steroid dienone is 5. The van der Waals surface area contributed by atoms with E-state index < -0.39 is 0 Å². The van der Waals surface area contributed by atoms with Crippen molar-refractivity contribution in [3.05, 3.63) is 70.9 Å². The van der Waals surface area contributed by atoms with E-state index in [-0.39, 0.29) is 17.2 Å². The quantitative estimate of drug-likeness (QED) is 0.101. The maximum atomic E-state index is 12.5. The summed E-state index contributed by atoms with van der Waals surface area (Å²) in [7, 11) is 0. The number of hydrogen-bond donors (Lipinski definition) is 3. The molecule has 202 valence electrons. The Morgan fingerprint density at radius 2 is 1.63 bits per heavy atom. The smallest absolute Gasteiger partial charge is 0.248 e. The second-order valence-electron chi connectivity index (χ2n) is 9.42. The van der Waals surface area contributed by atoms with E-state index in [4.69, 9.17) is 0 Å². The lowest BCUT2D eigenvalue weighted by Gasteiger charge is -2.08. The molecule has 1 aromatic carbocycles. The zero-order chi connectivity index (χ0) is 26.8. The molecule has 0 aliphatic heterocycles. The van der Waals surface area contributed by atoms with Crippen LogP contribution in [0.2, 0.25) is 0 Å². The topological polar surface area (TPSA) is 116 Å². The molecule has 0 unspecified atom stereocenters. The van der Waals surface area contributed by atoms with Gasteiger partial charge in [0.2, 0.25) is 11.7 Å². The number of amides is 1. The molecule has 0 aliphatic carbocycles. The minimum absolute atomic E-state index is 0.188. The van der Waals surface area contributed by atoms with Crippen LogP contribution >= 0.6 is 0 Å². The summed E-state index contributed by atoms with van der Waals surface area (Å²) in [6.07, 6.45) is 26.7. The Bertz CT molecular complexity index is 1260. The first kappa shape index (κ1) is 28.8. The predicted molar refractivity (Wildman–Crippen MR) is 155 cm³/mol. The summed E-state index contributed by atoms with van der Waals surface area (Å²) in [4.78, 5) is 28.2. The Kier molecular flexibility index (Phi) is 12.7. The molecule has 8 nitrogen and oxygen atoms in total. The van der Waals surface area contributed by atoms with E-state index in [1.165, 1.54) is 57.4 Å². The van der Waals surface area contributed by atoms with Gasteiger partial charge in [0.25, 0.3) is 0 Å². The van der Waals surface area contributed by atoms with Gasteiger partial charge < -0.3 is 10.3 Å². The van der Waals surface area contributed by atoms with Crippen LogP contribution in [0.25, 0.3) is 22.4 Å². The van der Waals surface area contributed by atoms with Crippen molar-refractivity contribution in [2.45, 2.75) is 84.0 Å². The van der Waals surface area contributed by atoms with Crippen LogP contribution in [-0.2, 0) is 4.79 Å². The fourth-order valence-corrected chi connectivity index (χ4v) is 4.21. The molecule has 0 aliphatic rings. The molecular weight excluding hydrogens is 476 g/mol. The molecule has 0 saturated carbocycles. The van der Waals surface area contributed by atoms with E-state index >= 15 is 0 Å². The number of H-pyrrole nitrogens is 2. The van der Waals surface area contributed by atoms with Crippen molar-refractivity contribution in [3.8, 4) is 11.5 Å². The van der Waals surface area contributed by atoms with Gasteiger partial charge in [-0.1, -0.05) is 75.5 Å². The van der Waals surface area contributed by atoms with Crippen molar-refractivity contribution in [3.63, 3.8) is 0 Å². The van der Waals surface area contributed by atoms with Gasteiger partial charge in [0, 0.05) is 11.5 Å². The van der Waals surface area contributed by atoms with Crippen LogP contribution in [-0.4, -0.2) is 31.5 Å². The van der Waals surface area contributed by atoms with Crippen LogP contribution in [0, 0.1) is 0 Å². The van der Waals surface area contributed by atoms with Crippen LogP contribution in [0.1, 0.15) is 84.0 Å². The third-order valence-corrected chi connectivity index (χ3v) is 6.30. The molecule has 2 aromatic heterocycles. The molecule has 3 rings (SSSR count). The number of pyridine rings is 1. The molecule has 0 spiro atoms. The fraction of sp³-hybridized carbons (Fsp3) is 0.433. The Morgan fingerprint density at radius 3 is 2.34 bits per heavy atom. The summed E-state index contributed by atoms with van der Waals surface area (Å²) in [5, 5.41) is 17.1. The third kappa shape index (κ3) is 9.92. The first-order valence-electron chi connectivity index (χ1n) is 13.9. The molecule has 0 saturated heterocycles. The molecular formula is C30H40N6O2. The van der Waals surface area contributed by atoms with Crippen molar-refractivity contribution < 1.29 is 4.79 Å². The summed E-state index contributed by atoms with van der Waals surface area (Å²) >= 11 is 0. The Hall–Kier alpha value is -3.81. The molecule has 0 radical (unpaired) electrons. The Morgan fingerprint density at radius 1 is 0.921 bits per heavy atom. The molecule has 0 atom stereocenters. The average molecular weight is 517 g/mol. The number of carbonyl (C=O) groups is 1. The van der Waals surface area contributed by atoms with Gasteiger partial charge in [-0.05, 0) is 68.4 Å². The van der Waals surface area contributed by atoms with Crippen molar-refractivity contribution in [2.75, 3.05) is 5.32 Å². The van der Waals surface area contributed by atoms with Gasteiger partial charge in [0.15, 0.2) is 5.43 Å². The molecule has 3 aromatic rings. The van der Waals surface area contributed by atoms with Crippen molar-refractivity contribution >= 4 is 22.5 Å². The first-order valence-corrected chi connectivity index (χ1v) is 13.9. The number of hydrogen-bond acceptors (Lipinski definition) is 5. The number of nitrogens with one attached hydrogen (secondary N) is 3. The van der Waals surface area contributed by atoms with E-state index in [1.807, 2.05) is 6.08 Å². The number of anilines is 1. The Balaban J connectivity index is 1.32. The second-order valence-corrected chi connectivity index (χ2v) is 9.42. The first-order chi connectivity index (χ1) is 18.7. The van der Waals surface area contributed by atoms with E-state index in [2.05, 4.69) is 62.2 Å². The summed E-state index contributed by atoms with van der Waals surface area (Å²) in [5.74, 6) is 0.0494. The van der Waals surface area contributed by atoms with Crippen LogP contribution in [0.4, 0.5) is 5.69 Å². The zero-order valence-electron chi connectivity index (χ0n) is 22.4. The van der Waals surface area contributed by atoms with E-state index in [1.54, 1.807) is 24.3 Å². The number of nitrogens with zero attached hydrogens (tertiary/aromatic N) is 3. The minimum atomic E-state index is -0.231. The van der Waals surface area contributed by atoms with Gasteiger partial charge in [0.05, 0.1) is 16.9 Å². The number of fused-ring (bicyclic) bond motifs is 1. The molecule has 38 heavy (non-hydrogen) atoms. The van der Waals surface area contributed by atoms with Crippen molar-refractivity contribution in [1.82, 2.24) is 25.6 Å². The summed E-state index contributed by atoms with van der Waals surface area (Å²) in [6.45, 7) is 2.24. The van der Waals surface area contributed by atoms with Crippen LogP contribution in [0.3, 0.4) is 0 Å². The third-order valence-electron chi connectivity index (χ3n) is 6.30. The molecule has 3 N–H and O–H groups in total.